The van der Waals surface area contributed by atoms with Gasteiger partial charge in [-0.15, -0.1) is 0 Å². The van der Waals surface area contributed by atoms with Crippen LogP contribution >= 0.6 is 0 Å². The van der Waals surface area contributed by atoms with Crippen molar-refractivity contribution in [1.29, 1.82) is 0 Å². The Morgan fingerprint density at radius 1 is 1.04 bits per heavy atom. The summed E-state index contributed by atoms with van der Waals surface area (Å²) < 4.78 is 90.6. The van der Waals surface area contributed by atoms with Crippen molar-refractivity contribution < 1.29 is 35.5 Å². The number of carbonyl (C=O) groups excluding carboxylic acids is 1. The molecule has 0 radical (unpaired) electrons. The number of nitrogens with one attached hydrogen (secondary N) is 2. The van der Waals surface area contributed by atoms with Gasteiger partial charge < -0.3 is 10.3 Å². The Bertz CT molecular complexity index is 882. The lowest BCUT2D eigenvalue weighted by Gasteiger charge is -2.26. The fraction of sp³-hybridized carbons (Fsp3) is 0.429. The number of anilines is 1. The molecule has 11 heteroatoms. The zero-order chi connectivity index (χ0) is 19.0. The van der Waals surface area contributed by atoms with Crippen molar-refractivity contribution in [3.8, 4) is 0 Å². The third-order valence-corrected chi connectivity index (χ3v) is 4.16. The molecule has 1 aliphatic rings. The van der Waals surface area contributed by atoms with Crippen LogP contribution in [0.2, 0.25) is 0 Å². The van der Waals surface area contributed by atoms with E-state index in [1.807, 2.05) is 0 Å². The first kappa shape index (κ1) is 17.5. The highest BCUT2D eigenvalue weighted by Crippen LogP contribution is 2.51. The highest BCUT2D eigenvalue weighted by Gasteiger charge is 2.74. The molecule has 0 spiro atoms. The van der Waals surface area contributed by atoms with Gasteiger partial charge in [0.15, 0.2) is 5.82 Å². The van der Waals surface area contributed by atoms with Gasteiger partial charge in [-0.25, -0.2) is 4.98 Å². The molecule has 0 bridgehead atoms. The predicted molar refractivity (Wildman–Crippen MR) is 72.6 cm³/mol. The zero-order valence-electron chi connectivity index (χ0n) is 12.7. The van der Waals surface area contributed by atoms with Gasteiger partial charge in [0.1, 0.15) is 0 Å². The molecule has 0 fully saturated rings. The Kier molecular flexibility index (Phi) is 3.25. The van der Waals surface area contributed by atoms with E-state index < -0.39 is 29.3 Å². The summed E-state index contributed by atoms with van der Waals surface area (Å²) in [5, 5.41) is 2.48. The first-order chi connectivity index (χ1) is 11.2. The van der Waals surface area contributed by atoms with Crippen LogP contribution in [0.5, 0.6) is 0 Å². The Labute approximate surface area is 135 Å². The van der Waals surface area contributed by atoms with E-state index in [2.05, 4.69) is 10.3 Å². The minimum absolute atomic E-state index is 0.204. The van der Waals surface area contributed by atoms with Crippen LogP contribution in [0.15, 0.2) is 12.1 Å². The molecule has 3 rings (SSSR count). The molecule has 1 aromatic carbocycles. The van der Waals surface area contributed by atoms with Crippen molar-refractivity contribution in [3.05, 3.63) is 23.5 Å². The van der Waals surface area contributed by atoms with Gasteiger partial charge in [0.25, 0.3) is 0 Å². The minimum atomic E-state index is -6.45. The lowest BCUT2D eigenvalue weighted by Crippen LogP contribution is -2.50. The van der Waals surface area contributed by atoms with Crippen LogP contribution in [0, 0.1) is 0 Å². The molecule has 2 heterocycles. The van der Waals surface area contributed by atoms with E-state index in [1.54, 1.807) is 18.8 Å². The average molecular weight is 369 g/mol. The van der Waals surface area contributed by atoms with Gasteiger partial charge in [0.2, 0.25) is 5.91 Å². The van der Waals surface area contributed by atoms with Gasteiger partial charge in [-0.1, -0.05) is 0 Å². The number of H-pyrrole nitrogens is 1. The number of hydrogen-bond acceptors (Lipinski definition) is 2. The largest absolute Gasteiger partial charge is 0.460 e. The van der Waals surface area contributed by atoms with E-state index in [-0.39, 0.29) is 22.6 Å². The summed E-state index contributed by atoms with van der Waals surface area (Å²) in [6.45, 7) is 3.08. The number of rotatable bonds is 2. The Balaban J connectivity index is 2.14. The average Bonchev–Trinajstić information content (AvgIpc) is 2.96. The first-order valence-corrected chi connectivity index (χ1v) is 6.88. The molecule has 1 amide bonds. The molecule has 0 saturated heterocycles. The molecule has 0 aliphatic carbocycles. The van der Waals surface area contributed by atoms with Crippen LogP contribution in [-0.2, 0) is 16.1 Å². The van der Waals surface area contributed by atoms with Gasteiger partial charge in [-0.2, -0.15) is 30.7 Å². The molecule has 2 N–H and O–H groups in total. The normalized spacial score (nSPS) is 17.7. The number of aromatic amines is 1. The van der Waals surface area contributed by atoms with E-state index >= 15 is 0 Å². The van der Waals surface area contributed by atoms with E-state index in [0.717, 1.165) is 6.07 Å². The molecular weight excluding hydrogens is 359 g/mol. The summed E-state index contributed by atoms with van der Waals surface area (Å²) in [6.07, 6.45) is -6.45. The summed E-state index contributed by atoms with van der Waals surface area (Å²) in [5.74, 6) is -14.1. The number of imidazole rings is 1. The molecule has 0 saturated carbocycles. The quantitative estimate of drug-likeness (QED) is 0.784. The fourth-order valence-electron chi connectivity index (χ4n) is 2.55. The number of benzene rings is 1. The molecule has 1 aliphatic heterocycles. The number of carbonyl (C=O) groups is 1. The highest BCUT2D eigenvalue weighted by atomic mass is 19.4. The zero-order valence-corrected chi connectivity index (χ0v) is 12.7. The molecule has 4 nitrogen and oxygen atoms in total. The Morgan fingerprint density at radius 3 is 2.20 bits per heavy atom. The standard InChI is InChI=1S/C14H10F7N3O/c1-11(2)5-3-7-8(4-6(5)24-10(11)25)23-9(22-7)12(15,16)13(17,18)14(19,20)21/h3-4H,1-2H3,(H,22,23)(H,24,25). The molecular formula is C14H10F7N3O. The van der Waals surface area contributed by atoms with Crippen molar-refractivity contribution in [2.75, 3.05) is 5.32 Å². The number of aromatic nitrogens is 2. The SMILES string of the molecule is CC1(C)C(=O)Nc2cc3[nH]c(C(F)(F)C(F)(F)C(F)(F)F)nc3cc21. The summed E-state index contributed by atoms with van der Waals surface area (Å²) in [5.41, 5.74) is -0.876. The maximum Gasteiger partial charge on any atom is 0.460 e. The van der Waals surface area contributed by atoms with Crippen molar-refractivity contribution in [2.45, 2.75) is 37.3 Å². The molecule has 136 valence electrons. The Morgan fingerprint density at radius 2 is 1.64 bits per heavy atom. The van der Waals surface area contributed by atoms with E-state index in [4.69, 9.17) is 0 Å². The molecule has 0 unspecified atom stereocenters. The molecule has 1 aromatic heterocycles. The second-order valence-electron chi connectivity index (χ2n) is 6.23. The monoisotopic (exact) mass is 369 g/mol. The maximum atomic E-state index is 13.7. The van der Waals surface area contributed by atoms with E-state index in [0.29, 0.717) is 5.56 Å². The van der Waals surface area contributed by atoms with Crippen LogP contribution in [0.3, 0.4) is 0 Å². The number of nitrogens with zero attached hydrogens (tertiary/aromatic N) is 1. The van der Waals surface area contributed by atoms with Crippen LogP contribution in [-0.4, -0.2) is 28.0 Å². The second-order valence-corrected chi connectivity index (χ2v) is 6.23. The van der Waals surface area contributed by atoms with Crippen molar-refractivity contribution in [2.24, 2.45) is 0 Å². The third-order valence-electron chi connectivity index (χ3n) is 4.16. The van der Waals surface area contributed by atoms with Crippen LogP contribution in [0.4, 0.5) is 36.4 Å². The highest BCUT2D eigenvalue weighted by molar-refractivity contribution is 6.07. The van der Waals surface area contributed by atoms with Gasteiger partial charge >= 0.3 is 18.0 Å². The van der Waals surface area contributed by atoms with Gasteiger partial charge in [-0.3, -0.25) is 4.79 Å². The topological polar surface area (TPSA) is 57.8 Å². The number of amides is 1. The van der Waals surface area contributed by atoms with Crippen molar-refractivity contribution >= 4 is 22.6 Å². The molecule has 0 atom stereocenters. The predicted octanol–water partition coefficient (Wildman–Crippen LogP) is 4.08. The van der Waals surface area contributed by atoms with E-state index in [9.17, 15) is 35.5 Å². The first-order valence-electron chi connectivity index (χ1n) is 6.88. The minimum Gasteiger partial charge on any atom is -0.337 e. The third kappa shape index (κ3) is 2.20. The van der Waals surface area contributed by atoms with Crippen LogP contribution < -0.4 is 5.32 Å². The van der Waals surface area contributed by atoms with Crippen molar-refractivity contribution in [3.63, 3.8) is 0 Å². The second kappa shape index (κ2) is 4.64. The summed E-state index contributed by atoms with van der Waals surface area (Å²) in [4.78, 5) is 16.8. The molecule has 25 heavy (non-hydrogen) atoms. The van der Waals surface area contributed by atoms with E-state index in [1.165, 1.54) is 6.07 Å². The number of fused-ring (bicyclic) bond motifs is 2. The van der Waals surface area contributed by atoms with Crippen molar-refractivity contribution in [1.82, 2.24) is 9.97 Å². The summed E-state index contributed by atoms with van der Waals surface area (Å²) >= 11 is 0. The van der Waals surface area contributed by atoms with Crippen LogP contribution in [0.25, 0.3) is 11.0 Å². The van der Waals surface area contributed by atoms with Gasteiger partial charge in [0, 0.05) is 5.69 Å². The lowest BCUT2D eigenvalue weighted by atomic mass is 9.86. The van der Waals surface area contributed by atoms with Gasteiger partial charge in [0.05, 0.1) is 16.4 Å². The summed E-state index contributed by atoms with van der Waals surface area (Å²) in [7, 11) is 0. The van der Waals surface area contributed by atoms with Crippen LogP contribution in [0.1, 0.15) is 25.2 Å². The molecule has 2 aromatic rings. The van der Waals surface area contributed by atoms with Gasteiger partial charge in [-0.05, 0) is 31.5 Å². The lowest BCUT2D eigenvalue weighted by molar-refractivity contribution is -0.361. The number of alkyl halides is 7. The fourth-order valence-corrected chi connectivity index (χ4v) is 2.55. The number of hydrogen-bond donors (Lipinski definition) is 2. The Hall–Kier alpha value is -2.33. The smallest absolute Gasteiger partial charge is 0.337 e. The number of halogens is 7. The maximum absolute atomic E-state index is 13.7. The summed E-state index contributed by atoms with van der Waals surface area (Å²) in [6, 6.07) is 2.36.